The van der Waals surface area contributed by atoms with Crippen LogP contribution in [0.1, 0.15) is 143 Å². The first-order valence-electron chi connectivity index (χ1n) is 11.7. The van der Waals surface area contributed by atoms with Gasteiger partial charge in [0, 0.05) is 47.0 Å². The van der Waals surface area contributed by atoms with Gasteiger partial charge in [0.15, 0.2) is 0 Å². The molecule has 4 saturated carbocycles. The molecular formula is C25H49ClFe2O2. The zero-order valence-corrected chi connectivity index (χ0v) is 21.9. The second kappa shape index (κ2) is 29.7. The maximum atomic E-state index is 10.6. The fourth-order valence-corrected chi connectivity index (χ4v) is 3.98. The van der Waals surface area contributed by atoms with E-state index in [0.29, 0.717) is 11.7 Å². The molecule has 0 amide bonds. The van der Waals surface area contributed by atoms with Crippen molar-refractivity contribution in [3.63, 3.8) is 0 Å². The van der Waals surface area contributed by atoms with Crippen LogP contribution in [0.5, 0.6) is 0 Å². The zero-order chi connectivity index (χ0) is 20.2. The minimum atomic E-state index is -0.361. The van der Waals surface area contributed by atoms with Gasteiger partial charge in [0.25, 0.3) is 0 Å². The van der Waals surface area contributed by atoms with Crippen LogP contribution in [0.15, 0.2) is 0 Å². The van der Waals surface area contributed by atoms with Crippen LogP contribution in [0.2, 0.25) is 0 Å². The van der Waals surface area contributed by atoms with Gasteiger partial charge < -0.3 is 0 Å². The van der Waals surface area contributed by atoms with E-state index >= 15 is 0 Å². The van der Waals surface area contributed by atoms with Crippen molar-refractivity contribution in [2.45, 2.75) is 143 Å². The molecule has 0 saturated heterocycles. The number of Topliss-reactive ketones (excluding diaryl/α,β-unsaturated/α-hetero) is 1. The average molecular weight is 529 g/mol. The van der Waals surface area contributed by atoms with Gasteiger partial charge in [-0.05, 0) is 31.4 Å². The summed E-state index contributed by atoms with van der Waals surface area (Å²) >= 11 is 4.64. The predicted molar refractivity (Wildman–Crippen MR) is 125 cm³/mol. The van der Waals surface area contributed by atoms with E-state index in [9.17, 15) is 9.59 Å². The minimum absolute atomic E-state index is 0. The number of rotatable bonds is 1. The van der Waals surface area contributed by atoms with Crippen LogP contribution in [0.4, 0.5) is 0 Å². The van der Waals surface area contributed by atoms with Gasteiger partial charge in [0.2, 0.25) is 5.24 Å². The van der Waals surface area contributed by atoms with Gasteiger partial charge in [-0.15, -0.1) is 0 Å². The monoisotopic (exact) mass is 528 g/mol. The molecule has 0 spiro atoms. The third kappa shape index (κ3) is 30.9. The molecule has 5 heteroatoms. The van der Waals surface area contributed by atoms with E-state index < -0.39 is 0 Å². The molecular weight excluding hydrogens is 479 g/mol. The van der Waals surface area contributed by atoms with Crippen LogP contribution in [0.3, 0.4) is 0 Å². The summed E-state index contributed by atoms with van der Waals surface area (Å²) in [5.41, 5.74) is 0. The Balaban J connectivity index is -0.000000140. The Labute approximate surface area is 214 Å². The number of carbonyl (C=O) groups excluding carboxylic acids is 2. The number of hydrogen-bond donors (Lipinski definition) is 0. The van der Waals surface area contributed by atoms with Crippen LogP contribution in [0.25, 0.3) is 0 Å². The number of hydrogen-bond acceptors (Lipinski definition) is 2. The van der Waals surface area contributed by atoms with Gasteiger partial charge >= 0.3 is 0 Å². The van der Waals surface area contributed by atoms with Crippen molar-refractivity contribution >= 4 is 22.6 Å². The largest absolute Gasteiger partial charge is 0.300 e. The van der Waals surface area contributed by atoms with Gasteiger partial charge in [-0.1, -0.05) is 117 Å². The third-order valence-corrected chi connectivity index (χ3v) is 5.68. The molecule has 0 aromatic rings. The van der Waals surface area contributed by atoms with Crippen LogP contribution in [0, 0.1) is 5.92 Å². The summed E-state index contributed by atoms with van der Waals surface area (Å²) in [6.07, 6.45) is 27.3. The van der Waals surface area contributed by atoms with Gasteiger partial charge in [-0.3, -0.25) is 9.59 Å². The van der Waals surface area contributed by atoms with Crippen molar-refractivity contribution in [3.05, 3.63) is 0 Å². The standard InChI is InChI=1S/C7H12O.3C5H10.C2H3ClO.CH4.2Fe/c1-6(8)7-4-2-3-5-7;3*1-2-4-5-3-1;1-2(3)4;;;/h7H,2-5H2,1H3;3*1-5H2;1H3;1H4;;. The van der Waals surface area contributed by atoms with Crippen LogP contribution in [-0.2, 0) is 43.7 Å². The summed E-state index contributed by atoms with van der Waals surface area (Å²) in [6.45, 7) is 3.00. The molecule has 0 bridgehead atoms. The fourth-order valence-electron chi connectivity index (χ4n) is 3.98. The molecule has 30 heavy (non-hydrogen) atoms. The van der Waals surface area contributed by atoms with E-state index in [1.807, 2.05) is 0 Å². The molecule has 0 atom stereocenters. The first-order chi connectivity index (χ1) is 13.0. The molecule has 4 rings (SSSR count). The Morgan fingerprint density at radius 2 is 0.700 bits per heavy atom. The van der Waals surface area contributed by atoms with Gasteiger partial charge in [-0.2, -0.15) is 0 Å². The van der Waals surface area contributed by atoms with Crippen molar-refractivity contribution in [1.29, 1.82) is 0 Å². The molecule has 0 unspecified atom stereocenters. The van der Waals surface area contributed by atoms with E-state index in [1.54, 1.807) is 6.92 Å². The molecule has 0 aromatic heterocycles. The van der Waals surface area contributed by atoms with Crippen molar-refractivity contribution in [3.8, 4) is 0 Å². The molecule has 4 aliphatic rings. The van der Waals surface area contributed by atoms with E-state index in [1.165, 1.54) is 116 Å². The minimum Gasteiger partial charge on any atom is -0.300 e. The van der Waals surface area contributed by atoms with E-state index in [-0.39, 0.29) is 46.8 Å². The van der Waals surface area contributed by atoms with Crippen molar-refractivity contribution in [2.75, 3.05) is 0 Å². The average Bonchev–Trinajstić information content (AvgIpc) is 3.51. The molecule has 0 aromatic carbocycles. The van der Waals surface area contributed by atoms with E-state index in [4.69, 9.17) is 0 Å². The second-order valence-electron chi connectivity index (χ2n) is 8.37. The predicted octanol–water partition coefficient (Wildman–Crippen LogP) is 9.02. The first-order valence-corrected chi connectivity index (χ1v) is 12.1. The summed E-state index contributed by atoms with van der Waals surface area (Å²) in [7, 11) is 0. The summed E-state index contributed by atoms with van der Waals surface area (Å²) < 4.78 is 0. The fraction of sp³-hybridized carbons (Fsp3) is 0.920. The van der Waals surface area contributed by atoms with E-state index in [0.717, 1.165) is 12.8 Å². The van der Waals surface area contributed by atoms with Crippen LogP contribution in [-0.4, -0.2) is 11.0 Å². The van der Waals surface area contributed by atoms with Crippen molar-refractivity contribution in [1.82, 2.24) is 0 Å². The Kier molecular flexibility index (Phi) is 37.5. The first kappa shape index (κ1) is 38.0. The summed E-state index contributed by atoms with van der Waals surface area (Å²) in [6, 6.07) is 0. The van der Waals surface area contributed by atoms with E-state index in [2.05, 4.69) is 11.6 Å². The number of ketones is 1. The summed E-state index contributed by atoms with van der Waals surface area (Å²) in [5.74, 6) is 0.817. The number of carbonyl (C=O) groups is 2. The molecule has 184 valence electrons. The van der Waals surface area contributed by atoms with Gasteiger partial charge in [0.05, 0.1) is 0 Å². The zero-order valence-electron chi connectivity index (χ0n) is 18.9. The maximum absolute atomic E-state index is 10.6. The molecule has 4 fully saturated rings. The summed E-state index contributed by atoms with van der Waals surface area (Å²) in [4.78, 5) is 19.9. The molecule has 0 heterocycles. The molecule has 0 N–H and O–H groups in total. The Morgan fingerprint density at radius 3 is 0.800 bits per heavy atom. The quantitative estimate of drug-likeness (QED) is 0.251. The molecule has 0 aliphatic heterocycles. The SMILES string of the molecule is C.C1CCCC1.C1CCCC1.C1CCCC1.CC(=O)C1CCCC1.CC(=O)Cl.[Fe].[Fe]. The molecule has 2 nitrogen and oxygen atoms in total. The summed E-state index contributed by atoms with van der Waals surface area (Å²) in [5, 5.41) is -0.361. The maximum Gasteiger partial charge on any atom is 0.218 e. The van der Waals surface area contributed by atoms with Crippen LogP contribution >= 0.6 is 11.6 Å². The second-order valence-corrected chi connectivity index (χ2v) is 8.90. The Morgan fingerprint density at radius 1 is 0.533 bits per heavy atom. The number of halogens is 1. The molecule has 4 aliphatic carbocycles. The third-order valence-electron chi connectivity index (χ3n) is 5.68. The van der Waals surface area contributed by atoms with Crippen LogP contribution < -0.4 is 0 Å². The van der Waals surface area contributed by atoms with Crippen molar-refractivity contribution < 1.29 is 43.7 Å². The van der Waals surface area contributed by atoms with Gasteiger partial charge in [-0.25, -0.2) is 0 Å². The van der Waals surface area contributed by atoms with Crippen molar-refractivity contribution in [2.24, 2.45) is 5.92 Å². The molecule has 0 radical (unpaired) electrons. The Hall–Kier alpha value is 0.669. The topological polar surface area (TPSA) is 34.1 Å². The Bertz CT molecular complexity index is 296. The van der Waals surface area contributed by atoms with Gasteiger partial charge in [0.1, 0.15) is 5.78 Å². The normalized spacial score (nSPS) is 18.6. The smallest absolute Gasteiger partial charge is 0.218 e.